The molecule has 0 spiro atoms. The van der Waals surface area contributed by atoms with E-state index in [0.717, 1.165) is 11.1 Å². The first-order valence-electron chi connectivity index (χ1n) is 13.1. The number of likely N-dealkylation sites (tertiary alicyclic amines) is 1. The highest BCUT2D eigenvalue weighted by Gasteiger charge is 2.46. The molecule has 8 heteroatoms. The standard InChI is InChI=1S/C32H35NO7/c1-7-40-25-14-12-22(17-24(25)19(2)3)30(34)28-29(21-9-8-10-23(16-21)37-4)33(32(36)31(28)35)18-20-11-13-26(38-5)27(15-20)39-6/h8-17,19,29,34H,7,18H2,1-6H3/b30-28-. The lowest BCUT2D eigenvalue weighted by Gasteiger charge is -2.26. The molecule has 4 rings (SSSR count). The van der Waals surface area contributed by atoms with Crippen molar-refractivity contribution in [3.05, 3.63) is 88.5 Å². The van der Waals surface area contributed by atoms with Gasteiger partial charge in [-0.2, -0.15) is 0 Å². The van der Waals surface area contributed by atoms with E-state index in [2.05, 4.69) is 0 Å². The summed E-state index contributed by atoms with van der Waals surface area (Å²) in [6.45, 7) is 6.57. The highest BCUT2D eigenvalue weighted by Crippen LogP contribution is 2.42. The van der Waals surface area contributed by atoms with E-state index in [-0.39, 0.29) is 23.8 Å². The smallest absolute Gasteiger partial charge is 0.295 e. The quantitative estimate of drug-likeness (QED) is 0.194. The van der Waals surface area contributed by atoms with Gasteiger partial charge in [-0.15, -0.1) is 0 Å². The molecule has 3 aromatic rings. The van der Waals surface area contributed by atoms with E-state index in [1.54, 1.807) is 56.7 Å². The second-order valence-corrected chi connectivity index (χ2v) is 9.73. The van der Waals surface area contributed by atoms with Crippen molar-refractivity contribution in [2.45, 2.75) is 39.3 Å². The molecule has 1 atom stereocenters. The van der Waals surface area contributed by atoms with Gasteiger partial charge in [-0.25, -0.2) is 0 Å². The third-order valence-electron chi connectivity index (χ3n) is 6.96. The number of nitrogens with zero attached hydrogens (tertiary/aromatic N) is 1. The normalized spacial score (nSPS) is 16.4. The maximum absolute atomic E-state index is 13.6. The molecule has 1 aliphatic rings. The molecule has 1 N–H and O–H groups in total. The molecular formula is C32H35NO7. The number of Topliss-reactive ketones (excluding diaryl/α,β-unsaturated/α-hetero) is 1. The number of methoxy groups -OCH3 is 3. The Bertz CT molecular complexity index is 1440. The van der Waals surface area contributed by atoms with E-state index in [9.17, 15) is 14.7 Å². The fraction of sp³-hybridized carbons (Fsp3) is 0.312. The number of aliphatic hydroxyl groups excluding tert-OH is 1. The van der Waals surface area contributed by atoms with Crippen molar-refractivity contribution < 1.29 is 33.6 Å². The van der Waals surface area contributed by atoms with Gasteiger partial charge in [0.15, 0.2) is 11.5 Å². The summed E-state index contributed by atoms with van der Waals surface area (Å²) in [5.74, 6) is 0.732. The number of hydrogen-bond donors (Lipinski definition) is 1. The van der Waals surface area contributed by atoms with Gasteiger partial charge < -0.3 is 29.0 Å². The zero-order chi connectivity index (χ0) is 29.0. The summed E-state index contributed by atoms with van der Waals surface area (Å²) in [4.78, 5) is 28.5. The monoisotopic (exact) mass is 545 g/mol. The summed E-state index contributed by atoms with van der Waals surface area (Å²) in [6, 6.07) is 16.9. The van der Waals surface area contributed by atoms with Crippen LogP contribution in [0.1, 0.15) is 55.0 Å². The molecule has 1 fully saturated rings. The van der Waals surface area contributed by atoms with Crippen molar-refractivity contribution in [1.29, 1.82) is 0 Å². The molecule has 40 heavy (non-hydrogen) atoms. The van der Waals surface area contributed by atoms with Gasteiger partial charge in [0.2, 0.25) is 0 Å². The maximum Gasteiger partial charge on any atom is 0.295 e. The van der Waals surface area contributed by atoms with E-state index in [1.165, 1.54) is 12.0 Å². The summed E-state index contributed by atoms with van der Waals surface area (Å²) in [5.41, 5.74) is 2.70. The lowest BCUT2D eigenvalue weighted by molar-refractivity contribution is -0.140. The summed E-state index contributed by atoms with van der Waals surface area (Å²) < 4.78 is 22.0. The van der Waals surface area contributed by atoms with Crippen LogP contribution in [0.5, 0.6) is 23.0 Å². The van der Waals surface area contributed by atoms with Gasteiger partial charge in [0.1, 0.15) is 17.3 Å². The number of carbonyl (C=O) groups excluding carboxylic acids is 2. The average Bonchev–Trinajstić information content (AvgIpc) is 3.21. The van der Waals surface area contributed by atoms with Gasteiger partial charge in [0.05, 0.1) is 39.6 Å². The molecule has 1 aliphatic heterocycles. The number of benzene rings is 3. The Kier molecular flexibility index (Phi) is 8.67. The Morgan fingerprint density at radius 3 is 2.27 bits per heavy atom. The van der Waals surface area contributed by atoms with Crippen LogP contribution in [-0.2, 0) is 16.1 Å². The van der Waals surface area contributed by atoms with E-state index >= 15 is 0 Å². The minimum atomic E-state index is -0.850. The van der Waals surface area contributed by atoms with Crippen LogP contribution in [0.15, 0.2) is 66.2 Å². The van der Waals surface area contributed by atoms with Gasteiger partial charge in [-0.1, -0.05) is 32.0 Å². The maximum atomic E-state index is 13.6. The molecular weight excluding hydrogens is 510 g/mol. The molecule has 8 nitrogen and oxygen atoms in total. The molecule has 1 unspecified atom stereocenters. The zero-order valence-electron chi connectivity index (χ0n) is 23.7. The van der Waals surface area contributed by atoms with Crippen molar-refractivity contribution in [2.24, 2.45) is 0 Å². The Labute approximate surface area is 234 Å². The van der Waals surface area contributed by atoms with Crippen molar-refractivity contribution in [3.8, 4) is 23.0 Å². The molecule has 0 saturated carbocycles. The second kappa shape index (κ2) is 12.2. The number of carbonyl (C=O) groups is 2. The average molecular weight is 546 g/mol. The summed E-state index contributed by atoms with van der Waals surface area (Å²) >= 11 is 0. The number of amides is 1. The Morgan fingerprint density at radius 2 is 1.62 bits per heavy atom. The van der Waals surface area contributed by atoms with Crippen molar-refractivity contribution in [2.75, 3.05) is 27.9 Å². The van der Waals surface area contributed by atoms with E-state index in [0.29, 0.717) is 40.7 Å². The lowest BCUT2D eigenvalue weighted by atomic mass is 9.93. The third-order valence-corrected chi connectivity index (χ3v) is 6.96. The number of aliphatic hydroxyl groups is 1. The molecule has 1 heterocycles. The van der Waals surface area contributed by atoms with Crippen molar-refractivity contribution in [3.63, 3.8) is 0 Å². The van der Waals surface area contributed by atoms with Crippen molar-refractivity contribution >= 4 is 17.4 Å². The number of ketones is 1. The van der Waals surface area contributed by atoms with E-state index < -0.39 is 17.7 Å². The Hall–Kier alpha value is -4.46. The lowest BCUT2D eigenvalue weighted by Crippen LogP contribution is -2.29. The minimum absolute atomic E-state index is 0.0117. The first-order valence-corrected chi connectivity index (χ1v) is 13.1. The van der Waals surface area contributed by atoms with Crippen LogP contribution < -0.4 is 18.9 Å². The van der Waals surface area contributed by atoms with Gasteiger partial charge >= 0.3 is 0 Å². The van der Waals surface area contributed by atoms with Gasteiger partial charge in [0.25, 0.3) is 11.7 Å². The Balaban J connectivity index is 1.87. The summed E-state index contributed by atoms with van der Waals surface area (Å²) in [7, 11) is 4.63. The van der Waals surface area contributed by atoms with E-state index in [4.69, 9.17) is 18.9 Å². The predicted octanol–water partition coefficient (Wildman–Crippen LogP) is 5.86. The highest BCUT2D eigenvalue weighted by atomic mass is 16.5. The number of ether oxygens (including phenoxy) is 4. The van der Waals surface area contributed by atoms with Crippen LogP contribution in [0.4, 0.5) is 0 Å². The second-order valence-electron chi connectivity index (χ2n) is 9.73. The molecule has 0 aliphatic carbocycles. The molecule has 1 amide bonds. The fourth-order valence-electron chi connectivity index (χ4n) is 4.97. The van der Waals surface area contributed by atoms with Crippen LogP contribution in [0, 0.1) is 0 Å². The molecule has 0 radical (unpaired) electrons. The molecule has 1 saturated heterocycles. The number of rotatable bonds is 10. The molecule has 0 aromatic heterocycles. The highest BCUT2D eigenvalue weighted by molar-refractivity contribution is 6.46. The van der Waals surface area contributed by atoms with Crippen LogP contribution in [0.2, 0.25) is 0 Å². The topological polar surface area (TPSA) is 94.5 Å². The SMILES string of the molecule is CCOc1ccc(/C(O)=C2/C(=O)C(=O)N(Cc3ccc(OC)c(OC)c3)C2c2cccc(OC)c2)cc1C(C)C. The zero-order valence-corrected chi connectivity index (χ0v) is 23.7. The van der Waals surface area contributed by atoms with Crippen LogP contribution in [0.3, 0.4) is 0 Å². The Morgan fingerprint density at radius 1 is 0.900 bits per heavy atom. The summed E-state index contributed by atoms with van der Waals surface area (Å²) in [5, 5.41) is 11.6. The molecule has 3 aromatic carbocycles. The van der Waals surface area contributed by atoms with Crippen LogP contribution in [0.25, 0.3) is 5.76 Å². The third kappa shape index (κ3) is 5.47. The predicted molar refractivity (Wildman–Crippen MR) is 152 cm³/mol. The minimum Gasteiger partial charge on any atom is -0.507 e. The van der Waals surface area contributed by atoms with E-state index in [1.807, 2.05) is 39.0 Å². The summed E-state index contributed by atoms with van der Waals surface area (Å²) in [6.07, 6.45) is 0. The van der Waals surface area contributed by atoms with Gasteiger partial charge in [-0.05, 0) is 72.0 Å². The van der Waals surface area contributed by atoms with Crippen LogP contribution >= 0.6 is 0 Å². The molecule has 0 bridgehead atoms. The van der Waals surface area contributed by atoms with Gasteiger partial charge in [-0.3, -0.25) is 9.59 Å². The number of hydrogen-bond acceptors (Lipinski definition) is 7. The van der Waals surface area contributed by atoms with Crippen molar-refractivity contribution in [1.82, 2.24) is 4.90 Å². The molecule has 210 valence electrons. The largest absolute Gasteiger partial charge is 0.507 e. The first kappa shape index (κ1) is 28.5. The first-order chi connectivity index (χ1) is 19.2. The fourth-order valence-corrected chi connectivity index (χ4v) is 4.97. The van der Waals surface area contributed by atoms with Crippen LogP contribution in [-0.4, -0.2) is 49.6 Å². The van der Waals surface area contributed by atoms with Gasteiger partial charge in [0, 0.05) is 12.1 Å².